The van der Waals surface area contributed by atoms with Crippen molar-refractivity contribution in [1.29, 1.82) is 0 Å². The zero-order valence-electron chi connectivity index (χ0n) is 3.80. The maximum Gasteiger partial charge on any atom is 0.246 e. The van der Waals surface area contributed by atoms with E-state index in [1.807, 2.05) is 0 Å². The highest BCUT2D eigenvalue weighted by atomic mass is 35.5. The summed E-state index contributed by atoms with van der Waals surface area (Å²) in [6.07, 6.45) is 1.19. The standard InChI is InChI=1S/C3H2ClN4/c4-2-6-1-7-3(5)8-2/h1,5H. The number of aromatic nitrogens is 3. The second kappa shape index (κ2) is 1.92. The van der Waals surface area contributed by atoms with Crippen molar-refractivity contribution in [3.8, 4) is 0 Å². The molecular weight excluding hydrogens is 128 g/mol. The van der Waals surface area contributed by atoms with Crippen molar-refractivity contribution in [3.63, 3.8) is 0 Å². The average molecular weight is 130 g/mol. The predicted octanol–water partition coefficient (Wildman–Crippen LogP) is 0.439. The van der Waals surface area contributed by atoms with Crippen LogP contribution in [-0.2, 0) is 0 Å². The highest BCUT2D eigenvalue weighted by molar-refractivity contribution is 6.28. The molecule has 1 radical (unpaired) electrons. The van der Waals surface area contributed by atoms with Gasteiger partial charge in [0.25, 0.3) is 0 Å². The number of rotatable bonds is 0. The Kier molecular flexibility index (Phi) is 1.26. The molecule has 0 bridgehead atoms. The fourth-order valence-electron chi connectivity index (χ4n) is 0.276. The van der Waals surface area contributed by atoms with Gasteiger partial charge in [-0.25, -0.2) is 4.98 Å². The lowest BCUT2D eigenvalue weighted by Gasteiger charge is -1.85. The summed E-state index contributed by atoms with van der Waals surface area (Å²) in [5, 5.41) is 0.0602. The topological polar surface area (TPSA) is 62.5 Å². The second-order valence-corrected chi connectivity index (χ2v) is 1.42. The van der Waals surface area contributed by atoms with Crippen molar-refractivity contribution >= 4 is 17.5 Å². The van der Waals surface area contributed by atoms with Gasteiger partial charge in [0.15, 0.2) is 0 Å². The molecule has 1 rings (SSSR count). The Bertz CT molecular complexity index is 171. The summed E-state index contributed by atoms with van der Waals surface area (Å²) in [6, 6.07) is 0. The fraction of sp³-hybridized carbons (Fsp3) is 0. The van der Waals surface area contributed by atoms with E-state index in [0.29, 0.717) is 0 Å². The van der Waals surface area contributed by atoms with Gasteiger partial charge in [0.2, 0.25) is 11.2 Å². The largest absolute Gasteiger partial charge is 0.265 e. The summed E-state index contributed by atoms with van der Waals surface area (Å²) in [6.45, 7) is 0. The van der Waals surface area contributed by atoms with E-state index in [9.17, 15) is 0 Å². The number of hydrogen-bond donors (Lipinski definition) is 0. The minimum absolute atomic E-state index is 0.0602. The molecule has 1 heterocycles. The van der Waals surface area contributed by atoms with Crippen LogP contribution in [0.2, 0.25) is 5.28 Å². The molecule has 5 heteroatoms. The Morgan fingerprint density at radius 2 is 2.25 bits per heavy atom. The molecular formula is C3H2ClN4. The molecule has 0 aliphatic carbocycles. The van der Waals surface area contributed by atoms with E-state index in [1.54, 1.807) is 0 Å². The second-order valence-electron chi connectivity index (χ2n) is 1.08. The molecule has 0 saturated heterocycles. The number of hydrogen-bond acceptors (Lipinski definition) is 3. The van der Waals surface area contributed by atoms with Crippen LogP contribution in [0, 0.1) is 0 Å². The zero-order chi connectivity index (χ0) is 5.98. The summed E-state index contributed by atoms with van der Waals surface area (Å²) in [4.78, 5) is 10.2. The van der Waals surface area contributed by atoms with E-state index in [0.717, 1.165) is 0 Å². The quantitative estimate of drug-likeness (QED) is 0.511. The van der Waals surface area contributed by atoms with Crippen molar-refractivity contribution in [2.75, 3.05) is 0 Å². The summed E-state index contributed by atoms with van der Waals surface area (Å²) in [7, 11) is 0. The average Bonchev–Trinajstić information content (AvgIpc) is 1.64. The Morgan fingerprint density at radius 3 is 2.62 bits per heavy atom. The molecule has 0 aliphatic rings. The lowest BCUT2D eigenvalue weighted by Crippen LogP contribution is -1.85. The Labute approximate surface area is 50.7 Å². The van der Waals surface area contributed by atoms with E-state index in [1.165, 1.54) is 6.33 Å². The maximum atomic E-state index is 6.79. The molecule has 41 valence electrons. The van der Waals surface area contributed by atoms with Crippen molar-refractivity contribution in [3.05, 3.63) is 11.6 Å². The SMILES string of the molecule is [NH]c1ncnc(Cl)n1. The first-order valence-electron chi connectivity index (χ1n) is 1.85. The van der Waals surface area contributed by atoms with Gasteiger partial charge in [0.1, 0.15) is 6.33 Å². The van der Waals surface area contributed by atoms with Crippen LogP contribution in [0.4, 0.5) is 5.95 Å². The van der Waals surface area contributed by atoms with Crippen molar-refractivity contribution in [1.82, 2.24) is 20.7 Å². The minimum atomic E-state index is -0.106. The third-order valence-corrected chi connectivity index (χ3v) is 0.725. The van der Waals surface area contributed by atoms with Crippen LogP contribution in [0.3, 0.4) is 0 Å². The minimum Gasteiger partial charge on any atom is -0.265 e. The molecule has 0 spiro atoms. The smallest absolute Gasteiger partial charge is 0.246 e. The summed E-state index contributed by atoms with van der Waals surface area (Å²) >= 11 is 5.26. The summed E-state index contributed by atoms with van der Waals surface area (Å²) in [5.74, 6) is -0.106. The van der Waals surface area contributed by atoms with Crippen molar-refractivity contribution in [2.45, 2.75) is 0 Å². The summed E-state index contributed by atoms with van der Waals surface area (Å²) in [5.41, 5.74) is 6.79. The highest BCUT2D eigenvalue weighted by Crippen LogP contribution is 1.97. The number of halogens is 1. The zero-order valence-corrected chi connectivity index (χ0v) is 4.55. The van der Waals surface area contributed by atoms with Crippen LogP contribution < -0.4 is 5.73 Å². The Hall–Kier alpha value is -0.900. The van der Waals surface area contributed by atoms with E-state index >= 15 is 0 Å². The normalized spacial score (nSPS) is 9.12. The molecule has 0 fully saturated rings. The molecule has 8 heavy (non-hydrogen) atoms. The van der Waals surface area contributed by atoms with Crippen LogP contribution in [0.1, 0.15) is 0 Å². The summed E-state index contributed by atoms with van der Waals surface area (Å²) < 4.78 is 0. The number of nitrogens with zero attached hydrogens (tertiary/aromatic N) is 3. The monoisotopic (exact) mass is 129 g/mol. The number of nitrogens with one attached hydrogen (secondary N) is 1. The molecule has 0 aromatic carbocycles. The maximum absolute atomic E-state index is 6.79. The van der Waals surface area contributed by atoms with E-state index in [4.69, 9.17) is 17.3 Å². The molecule has 1 N–H and O–H groups in total. The molecule has 1 aromatic heterocycles. The van der Waals surface area contributed by atoms with Crippen LogP contribution >= 0.6 is 11.6 Å². The third-order valence-electron chi connectivity index (χ3n) is 0.542. The van der Waals surface area contributed by atoms with Gasteiger partial charge in [-0.15, -0.1) is 0 Å². The van der Waals surface area contributed by atoms with Crippen LogP contribution in [0.25, 0.3) is 0 Å². The van der Waals surface area contributed by atoms with Crippen LogP contribution in [0.5, 0.6) is 0 Å². The Morgan fingerprint density at radius 1 is 1.50 bits per heavy atom. The first kappa shape index (κ1) is 5.24. The van der Waals surface area contributed by atoms with E-state index < -0.39 is 0 Å². The first-order valence-corrected chi connectivity index (χ1v) is 2.23. The molecule has 1 aromatic rings. The van der Waals surface area contributed by atoms with Gasteiger partial charge in [-0.1, -0.05) is 0 Å². The predicted molar refractivity (Wildman–Crippen MR) is 27.6 cm³/mol. The van der Waals surface area contributed by atoms with Gasteiger partial charge in [-0.2, -0.15) is 9.97 Å². The molecule has 0 atom stereocenters. The molecule has 4 nitrogen and oxygen atoms in total. The van der Waals surface area contributed by atoms with Gasteiger partial charge in [0.05, 0.1) is 0 Å². The Balaban J connectivity index is 3.08. The fourth-order valence-corrected chi connectivity index (χ4v) is 0.400. The van der Waals surface area contributed by atoms with Gasteiger partial charge in [-0.3, -0.25) is 5.73 Å². The molecule has 0 aliphatic heterocycles. The van der Waals surface area contributed by atoms with Crippen LogP contribution in [0.15, 0.2) is 6.33 Å². The first-order chi connectivity index (χ1) is 3.79. The van der Waals surface area contributed by atoms with E-state index in [-0.39, 0.29) is 11.2 Å². The third kappa shape index (κ3) is 1.04. The van der Waals surface area contributed by atoms with Crippen molar-refractivity contribution in [2.24, 2.45) is 0 Å². The molecule has 0 saturated carbocycles. The van der Waals surface area contributed by atoms with Gasteiger partial charge in [0, 0.05) is 0 Å². The lowest BCUT2D eigenvalue weighted by atomic mass is 11.0. The van der Waals surface area contributed by atoms with Gasteiger partial charge >= 0.3 is 0 Å². The van der Waals surface area contributed by atoms with Gasteiger partial charge < -0.3 is 0 Å². The molecule has 0 unspecified atom stereocenters. The van der Waals surface area contributed by atoms with Gasteiger partial charge in [-0.05, 0) is 11.6 Å². The van der Waals surface area contributed by atoms with E-state index in [2.05, 4.69) is 15.0 Å². The lowest BCUT2D eigenvalue weighted by molar-refractivity contribution is 1.03. The highest BCUT2D eigenvalue weighted by Gasteiger charge is 1.88. The van der Waals surface area contributed by atoms with Crippen molar-refractivity contribution < 1.29 is 0 Å². The molecule has 0 amide bonds. The van der Waals surface area contributed by atoms with Crippen LogP contribution in [-0.4, -0.2) is 15.0 Å².